The number of aliphatic imine (C=N–C) groups is 1. The normalized spacial score (nSPS) is 12.5. The Kier molecular flexibility index (Phi) is 9.28. The topological polar surface area (TPSA) is 50.8 Å². The highest BCUT2D eigenvalue weighted by Crippen LogP contribution is 2.13. The second kappa shape index (κ2) is 9.79. The van der Waals surface area contributed by atoms with Crippen LogP contribution in [0.25, 0.3) is 0 Å². The van der Waals surface area contributed by atoms with E-state index >= 15 is 0 Å². The number of nitrogens with zero attached hydrogens (tertiary/aromatic N) is 2. The van der Waals surface area contributed by atoms with Crippen LogP contribution in [0.1, 0.15) is 20.8 Å². The summed E-state index contributed by atoms with van der Waals surface area (Å²) < 4.78 is 18.4. The number of hydrogen-bond acceptors (Lipinski definition) is 2. The number of halogens is 2. The molecule has 1 rings (SSSR count). The maximum absolute atomic E-state index is 12.7. The third kappa shape index (κ3) is 6.40. The molecule has 1 unspecified atom stereocenters. The maximum Gasteiger partial charge on any atom is 0.191 e. The Morgan fingerprint density at radius 2 is 1.85 bits per heavy atom. The van der Waals surface area contributed by atoms with Gasteiger partial charge in [0.05, 0.1) is 6.54 Å². The first-order valence-electron chi connectivity index (χ1n) is 6.53. The zero-order valence-electron chi connectivity index (χ0n) is 12.2. The Bertz CT molecular complexity index is 407. The average Bonchev–Trinajstić information content (AvgIpc) is 2.40. The van der Waals surface area contributed by atoms with Gasteiger partial charge in [0, 0.05) is 13.1 Å². The van der Waals surface area contributed by atoms with Gasteiger partial charge in [0.15, 0.2) is 5.96 Å². The van der Waals surface area contributed by atoms with Crippen molar-refractivity contribution < 1.29 is 9.13 Å². The quantitative estimate of drug-likeness (QED) is 0.458. The van der Waals surface area contributed by atoms with Crippen molar-refractivity contribution in [2.24, 2.45) is 10.7 Å². The summed E-state index contributed by atoms with van der Waals surface area (Å²) in [6.45, 7) is 8.11. The van der Waals surface area contributed by atoms with Crippen LogP contribution in [-0.4, -0.2) is 36.6 Å². The Balaban J connectivity index is 0.00000361. The molecule has 0 saturated heterocycles. The lowest BCUT2D eigenvalue weighted by molar-refractivity contribution is 0.229. The summed E-state index contributed by atoms with van der Waals surface area (Å²) in [6.07, 6.45) is -0.112. The van der Waals surface area contributed by atoms with Gasteiger partial charge in [0.1, 0.15) is 17.7 Å². The number of hydrogen-bond donors (Lipinski definition) is 1. The standard InChI is InChI=1S/C14H22FN3O.HI/c1-4-18(5-2)14(16)17-10-11(3)19-13-8-6-12(15)7-9-13;/h6-9,11H,4-5,10H2,1-3H3,(H2,16,17);1H. The van der Waals surface area contributed by atoms with Gasteiger partial charge in [-0.05, 0) is 45.0 Å². The molecule has 0 saturated carbocycles. The van der Waals surface area contributed by atoms with Crippen molar-refractivity contribution in [3.05, 3.63) is 30.1 Å². The molecule has 1 aromatic carbocycles. The zero-order chi connectivity index (χ0) is 14.3. The molecule has 0 aromatic heterocycles. The lowest BCUT2D eigenvalue weighted by Gasteiger charge is -2.20. The molecular weight excluding hydrogens is 372 g/mol. The molecule has 0 bridgehead atoms. The van der Waals surface area contributed by atoms with Gasteiger partial charge < -0.3 is 15.4 Å². The van der Waals surface area contributed by atoms with Crippen molar-refractivity contribution in [3.8, 4) is 5.75 Å². The average molecular weight is 395 g/mol. The fourth-order valence-electron chi connectivity index (χ4n) is 1.65. The van der Waals surface area contributed by atoms with Crippen molar-refractivity contribution in [2.75, 3.05) is 19.6 Å². The van der Waals surface area contributed by atoms with Crippen LogP contribution in [0.2, 0.25) is 0 Å². The van der Waals surface area contributed by atoms with Crippen molar-refractivity contribution in [1.29, 1.82) is 0 Å². The molecule has 0 fully saturated rings. The van der Waals surface area contributed by atoms with E-state index in [-0.39, 0.29) is 35.9 Å². The summed E-state index contributed by atoms with van der Waals surface area (Å²) >= 11 is 0. The molecule has 114 valence electrons. The predicted octanol–water partition coefficient (Wildman–Crippen LogP) is 2.87. The largest absolute Gasteiger partial charge is 0.489 e. The van der Waals surface area contributed by atoms with Crippen LogP contribution < -0.4 is 10.5 Å². The lowest BCUT2D eigenvalue weighted by Crippen LogP contribution is -2.37. The molecule has 0 amide bonds. The van der Waals surface area contributed by atoms with Gasteiger partial charge >= 0.3 is 0 Å². The maximum atomic E-state index is 12.7. The number of guanidine groups is 1. The monoisotopic (exact) mass is 395 g/mol. The molecule has 0 aliphatic rings. The molecule has 0 spiro atoms. The second-order valence-electron chi connectivity index (χ2n) is 4.25. The second-order valence-corrected chi connectivity index (χ2v) is 4.25. The molecule has 1 aromatic rings. The highest BCUT2D eigenvalue weighted by atomic mass is 127. The van der Waals surface area contributed by atoms with Crippen LogP contribution >= 0.6 is 24.0 Å². The number of rotatable bonds is 6. The van der Waals surface area contributed by atoms with E-state index in [1.54, 1.807) is 12.1 Å². The molecule has 2 N–H and O–H groups in total. The van der Waals surface area contributed by atoms with Crippen molar-refractivity contribution >= 4 is 29.9 Å². The van der Waals surface area contributed by atoms with Gasteiger partial charge in [-0.15, -0.1) is 24.0 Å². The lowest BCUT2D eigenvalue weighted by atomic mass is 10.3. The fourth-order valence-corrected chi connectivity index (χ4v) is 1.65. The summed E-state index contributed by atoms with van der Waals surface area (Å²) in [7, 11) is 0. The molecule has 0 radical (unpaired) electrons. The highest BCUT2D eigenvalue weighted by molar-refractivity contribution is 14.0. The molecule has 4 nitrogen and oxygen atoms in total. The Labute approximate surface area is 137 Å². The first kappa shape index (κ1) is 18.9. The van der Waals surface area contributed by atoms with Crippen molar-refractivity contribution in [1.82, 2.24) is 4.90 Å². The molecule has 6 heteroatoms. The molecular formula is C14H23FIN3O. The molecule has 1 atom stereocenters. The third-order valence-corrected chi connectivity index (χ3v) is 2.75. The smallest absolute Gasteiger partial charge is 0.191 e. The number of benzene rings is 1. The molecule has 0 heterocycles. The Morgan fingerprint density at radius 1 is 1.30 bits per heavy atom. The predicted molar refractivity (Wildman–Crippen MR) is 91.3 cm³/mol. The first-order chi connectivity index (χ1) is 9.06. The van der Waals surface area contributed by atoms with Crippen LogP contribution in [0.3, 0.4) is 0 Å². The van der Waals surface area contributed by atoms with Gasteiger partial charge in [-0.3, -0.25) is 0 Å². The summed E-state index contributed by atoms with van der Waals surface area (Å²) in [5, 5.41) is 0. The van der Waals surface area contributed by atoms with Crippen LogP contribution in [0.4, 0.5) is 4.39 Å². The molecule has 20 heavy (non-hydrogen) atoms. The minimum absolute atomic E-state index is 0. The van der Waals surface area contributed by atoms with Crippen LogP contribution in [0, 0.1) is 5.82 Å². The van der Waals surface area contributed by atoms with Gasteiger partial charge in [0.2, 0.25) is 0 Å². The first-order valence-corrected chi connectivity index (χ1v) is 6.53. The van der Waals surface area contributed by atoms with E-state index in [2.05, 4.69) is 4.99 Å². The van der Waals surface area contributed by atoms with Crippen LogP contribution in [0.15, 0.2) is 29.3 Å². The minimum Gasteiger partial charge on any atom is -0.489 e. The van der Waals surface area contributed by atoms with E-state index in [1.807, 2.05) is 25.7 Å². The summed E-state index contributed by atoms with van der Waals surface area (Å²) in [6, 6.07) is 5.94. The van der Waals surface area contributed by atoms with E-state index in [1.165, 1.54) is 12.1 Å². The van der Waals surface area contributed by atoms with Gasteiger partial charge in [-0.2, -0.15) is 0 Å². The zero-order valence-corrected chi connectivity index (χ0v) is 14.5. The SMILES string of the molecule is CCN(CC)C(N)=NCC(C)Oc1ccc(F)cc1.I. The third-order valence-electron chi connectivity index (χ3n) is 2.75. The minimum atomic E-state index is -0.274. The fraction of sp³-hybridized carbons (Fsp3) is 0.500. The van der Waals surface area contributed by atoms with Gasteiger partial charge in [0.25, 0.3) is 0 Å². The highest BCUT2D eigenvalue weighted by Gasteiger charge is 2.06. The van der Waals surface area contributed by atoms with E-state index in [0.717, 1.165) is 13.1 Å². The van der Waals surface area contributed by atoms with E-state index in [9.17, 15) is 4.39 Å². The van der Waals surface area contributed by atoms with Crippen molar-refractivity contribution in [3.63, 3.8) is 0 Å². The van der Waals surface area contributed by atoms with E-state index < -0.39 is 0 Å². The Hall–Kier alpha value is -1.05. The summed E-state index contributed by atoms with van der Waals surface area (Å²) in [5.41, 5.74) is 5.87. The van der Waals surface area contributed by atoms with Crippen LogP contribution in [0.5, 0.6) is 5.75 Å². The summed E-state index contributed by atoms with van der Waals surface area (Å²) in [5.74, 6) is 0.883. The van der Waals surface area contributed by atoms with Gasteiger partial charge in [-0.1, -0.05) is 0 Å². The van der Waals surface area contributed by atoms with Crippen molar-refractivity contribution in [2.45, 2.75) is 26.9 Å². The Morgan fingerprint density at radius 3 is 2.35 bits per heavy atom. The summed E-state index contributed by atoms with van der Waals surface area (Å²) in [4.78, 5) is 6.28. The van der Waals surface area contributed by atoms with Crippen LogP contribution in [-0.2, 0) is 0 Å². The van der Waals surface area contributed by atoms with E-state index in [4.69, 9.17) is 10.5 Å². The number of ether oxygens (including phenoxy) is 1. The van der Waals surface area contributed by atoms with E-state index in [0.29, 0.717) is 18.3 Å². The molecule has 0 aliphatic heterocycles. The molecule has 0 aliphatic carbocycles. The number of nitrogens with two attached hydrogens (primary N) is 1. The van der Waals surface area contributed by atoms with Gasteiger partial charge in [-0.25, -0.2) is 9.38 Å².